The molecule has 2 rings (SSSR count). The fourth-order valence-corrected chi connectivity index (χ4v) is 3.27. The van der Waals surface area contributed by atoms with Gasteiger partial charge in [0, 0.05) is 12.6 Å². The molecule has 0 fully saturated rings. The van der Waals surface area contributed by atoms with Crippen molar-refractivity contribution in [1.29, 1.82) is 0 Å². The number of nitrogens with zero attached hydrogens (tertiary/aromatic N) is 1. The van der Waals surface area contributed by atoms with E-state index in [1.54, 1.807) is 6.92 Å². The number of amides is 1. The maximum absolute atomic E-state index is 12.8. The molecule has 4 nitrogen and oxygen atoms in total. The van der Waals surface area contributed by atoms with Gasteiger partial charge in [-0.05, 0) is 37.6 Å². The van der Waals surface area contributed by atoms with Gasteiger partial charge in [0.15, 0.2) is 0 Å². The van der Waals surface area contributed by atoms with Crippen LogP contribution in [0.2, 0.25) is 0 Å². The summed E-state index contributed by atoms with van der Waals surface area (Å²) in [6, 6.07) is 20.2. The van der Waals surface area contributed by atoms with Crippen LogP contribution in [-0.4, -0.2) is 36.5 Å². The molecule has 0 heterocycles. The molecule has 0 spiro atoms. The number of hydrogen-bond donors (Lipinski definition) is 2. The first-order valence-corrected chi connectivity index (χ1v) is 9.39. The van der Waals surface area contributed by atoms with E-state index in [0.717, 1.165) is 25.1 Å². The van der Waals surface area contributed by atoms with Crippen LogP contribution < -0.4 is 11.1 Å². The molecule has 140 valence electrons. The van der Waals surface area contributed by atoms with E-state index in [9.17, 15) is 4.79 Å². The van der Waals surface area contributed by atoms with E-state index in [0.29, 0.717) is 6.54 Å². The monoisotopic (exact) mass is 353 g/mol. The van der Waals surface area contributed by atoms with Crippen molar-refractivity contribution in [2.45, 2.75) is 38.8 Å². The van der Waals surface area contributed by atoms with Crippen LogP contribution in [0.15, 0.2) is 60.7 Å². The number of nitrogens with one attached hydrogen (secondary N) is 1. The molecule has 0 aliphatic carbocycles. The molecule has 1 amide bonds. The van der Waals surface area contributed by atoms with Crippen molar-refractivity contribution in [1.82, 2.24) is 10.2 Å². The lowest BCUT2D eigenvalue weighted by Gasteiger charge is -2.32. The highest BCUT2D eigenvalue weighted by Gasteiger charge is 2.31. The van der Waals surface area contributed by atoms with Gasteiger partial charge < -0.3 is 11.1 Å². The van der Waals surface area contributed by atoms with Gasteiger partial charge in [0.2, 0.25) is 5.91 Å². The van der Waals surface area contributed by atoms with Crippen LogP contribution in [-0.2, 0) is 16.8 Å². The first-order chi connectivity index (χ1) is 12.5. The number of nitrogens with two attached hydrogens (primary N) is 1. The number of carbonyl (C=O) groups excluding carboxylic acids is 1. The molecular formula is C22H31N3O. The summed E-state index contributed by atoms with van der Waals surface area (Å²) in [6.45, 7) is 8.54. The minimum atomic E-state index is -1.04. The molecule has 0 aliphatic heterocycles. The zero-order chi connectivity index (χ0) is 19.0. The van der Waals surface area contributed by atoms with E-state index in [2.05, 4.69) is 48.3 Å². The molecule has 2 aromatic rings. The fraction of sp³-hybridized carbons (Fsp3) is 0.409. The maximum Gasteiger partial charge on any atom is 0.244 e. The molecule has 2 aromatic carbocycles. The molecule has 4 heteroatoms. The van der Waals surface area contributed by atoms with Crippen LogP contribution in [0.1, 0.15) is 31.9 Å². The summed E-state index contributed by atoms with van der Waals surface area (Å²) in [7, 11) is 0. The minimum Gasteiger partial charge on any atom is -0.353 e. The molecule has 2 unspecified atom stereocenters. The Labute approximate surface area is 157 Å². The largest absolute Gasteiger partial charge is 0.353 e. The lowest BCUT2D eigenvalue weighted by molar-refractivity contribution is -0.126. The highest BCUT2D eigenvalue weighted by Crippen LogP contribution is 2.17. The third kappa shape index (κ3) is 5.16. The summed E-state index contributed by atoms with van der Waals surface area (Å²) >= 11 is 0. The van der Waals surface area contributed by atoms with Gasteiger partial charge in [-0.3, -0.25) is 9.69 Å². The second kappa shape index (κ2) is 9.51. The van der Waals surface area contributed by atoms with Crippen molar-refractivity contribution in [3.63, 3.8) is 0 Å². The van der Waals surface area contributed by atoms with Gasteiger partial charge in [0.1, 0.15) is 5.54 Å². The fourth-order valence-electron chi connectivity index (χ4n) is 3.27. The normalized spacial score (nSPS) is 14.7. The minimum absolute atomic E-state index is 0.145. The lowest BCUT2D eigenvalue weighted by atomic mass is 9.92. The SMILES string of the molecule is CCN(CC)C(CNC(=O)C(C)(N)c1ccccc1)Cc1ccccc1. The Bertz CT molecular complexity index is 666. The van der Waals surface area contributed by atoms with E-state index in [-0.39, 0.29) is 11.9 Å². The summed E-state index contributed by atoms with van der Waals surface area (Å²) in [5.41, 5.74) is 7.39. The quantitative estimate of drug-likeness (QED) is 0.729. The zero-order valence-corrected chi connectivity index (χ0v) is 16.1. The highest BCUT2D eigenvalue weighted by molar-refractivity contribution is 5.87. The van der Waals surface area contributed by atoms with Crippen molar-refractivity contribution in [2.24, 2.45) is 5.73 Å². The van der Waals surface area contributed by atoms with E-state index >= 15 is 0 Å². The Morgan fingerprint density at radius 2 is 1.58 bits per heavy atom. The third-order valence-electron chi connectivity index (χ3n) is 4.99. The number of likely N-dealkylation sites (N-methyl/N-ethyl adjacent to an activating group) is 1. The van der Waals surface area contributed by atoms with E-state index < -0.39 is 5.54 Å². The van der Waals surface area contributed by atoms with Gasteiger partial charge in [-0.1, -0.05) is 74.5 Å². The van der Waals surface area contributed by atoms with Gasteiger partial charge in [0.05, 0.1) is 0 Å². The first kappa shape index (κ1) is 20.1. The maximum atomic E-state index is 12.8. The Balaban J connectivity index is 2.07. The average molecular weight is 354 g/mol. The lowest BCUT2D eigenvalue weighted by Crippen LogP contribution is -2.53. The van der Waals surface area contributed by atoms with Crippen LogP contribution >= 0.6 is 0 Å². The van der Waals surface area contributed by atoms with Crippen LogP contribution in [0.4, 0.5) is 0 Å². The Morgan fingerprint density at radius 3 is 2.12 bits per heavy atom. The highest BCUT2D eigenvalue weighted by atomic mass is 16.2. The third-order valence-corrected chi connectivity index (χ3v) is 4.99. The van der Waals surface area contributed by atoms with Crippen LogP contribution in [0.5, 0.6) is 0 Å². The standard InChI is InChI=1S/C22H31N3O/c1-4-25(5-2)20(16-18-12-8-6-9-13-18)17-24-21(26)22(3,23)19-14-10-7-11-15-19/h6-15,20H,4-5,16-17,23H2,1-3H3,(H,24,26). The summed E-state index contributed by atoms with van der Waals surface area (Å²) in [6.07, 6.45) is 0.898. The van der Waals surface area contributed by atoms with Crippen molar-refractivity contribution in [3.05, 3.63) is 71.8 Å². The van der Waals surface area contributed by atoms with Crippen LogP contribution in [0, 0.1) is 0 Å². The molecular weight excluding hydrogens is 322 g/mol. The molecule has 2 atom stereocenters. The van der Waals surface area contributed by atoms with Crippen molar-refractivity contribution < 1.29 is 4.79 Å². The zero-order valence-electron chi connectivity index (χ0n) is 16.1. The predicted molar refractivity (Wildman–Crippen MR) is 108 cm³/mol. The molecule has 0 bridgehead atoms. The van der Waals surface area contributed by atoms with Gasteiger partial charge in [-0.25, -0.2) is 0 Å². The summed E-state index contributed by atoms with van der Waals surface area (Å²) in [5.74, 6) is -0.145. The summed E-state index contributed by atoms with van der Waals surface area (Å²) in [5, 5.41) is 3.09. The summed E-state index contributed by atoms with van der Waals surface area (Å²) < 4.78 is 0. The van der Waals surface area contributed by atoms with E-state index in [4.69, 9.17) is 5.73 Å². The van der Waals surface area contributed by atoms with Crippen LogP contribution in [0.3, 0.4) is 0 Å². The molecule has 26 heavy (non-hydrogen) atoms. The van der Waals surface area contributed by atoms with E-state index in [1.807, 2.05) is 36.4 Å². The molecule has 0 radical (unpaired) electrons. The second-order valence-electron chi connectivity index (χ2n) is 6.84. The first-order valence-electron chi connectivity index (χ1n) is 9.39. The number of hydrogen-bond acceptors (Lipinski definition) is 3. The molecule has 0 saturated heterocycles. The predicted octanol–water partition coefficient (Wildman–Crippen LogP) is 2.93. The smallest absolute Gasteiger partial charge is 0.244 e. The Hall–Kier alpha value is -2.17. The van der Waals surface area contributed by atoms with Gasteiger partial charge in [-0.2, -0.15) is 0 Å². The summed E-state index contributed by atoms with van der Waals surface area (Å²) in [4.78, 5) is 15.1. The van der Waals surface area contributed by atoms with Crippen molar-refractivity contribution >= 4 is 5.91 Å². The van der Waals surface area contributed by atoms with Gasteiger partial charge >= 0.3 is 0 Å². The Kier molecular flexibility index (Phi) is 7.37. The number of carbonyl (C=O) groups is 1. The molecule has 0 aliphatic rings. The van der Waals surface area contributed by atoms with E-state index in [1.165, 1.54) is 5.56 Å². The molecule has 3 N–H and O–H groups in total. The van der Waals surface area contributed by atoms with Crippen LogP contribution in [0.25, 0.3) is 0 Å². The van der Waals surface area contributed by atoms with Crippen molar-refractivity contribution in [2.75, 3.05) is 19.6 Å². The molecule has 0 aromatic heterocycles. The number of rotatable bonds is 9. The molecule has 0 saturated carbocycles. The average Bonchev–Trinajstić information content (AvgIpc) is 2.68. The van der Waals surface area contributed by atoms with Gasteiger partial charge in [0.25, 0.3) is 0 Å². The topological polar surface area (TPSA) is 58.4 Å². The van der Waals surface area contributed by atoms with Gasteiger partial charge in [-0.15, -0.1) is 0 Å². The second-order valence-corrected chi connectivity index (χ2v) is 6.84. The Morgan fingerprint density at radius 1 is 1.04 bits per heavy atom. The van der Waals surface area contributed by atoms with Crippen molar-refractivity contribution in [3.8, 4) is 0 Å². The number of benzene rings is 2.